The Balaban J connectivity index is 1.79. The molecule has 0 aromatic heterocycles. The van der Waals surface area contributed by atoms with E-state index in [-0.39, 0.29) is 0 Å². The van der Waals surface area contributed by atoms with Crippen molar-refractivity contribution in [1.29, 1.82) is 0 Å². The molecule has 2 bridgehead atoms. The first-order valence-corrected chi connectivity index (χ1v) is 7.25. The van der Waals surface area contributed by atoms with Crippen LogP contribution in [0.2, 0.25) is 0 Å². The number of hydrogen-bond donors (Lipinski definition) is 1. The van der Waals surface area contributed by atoms with Crippen LogP contribution in [0.5, 0.6) is 0 Å². The second-order valence-electron chi connectivity index (χ2n) is 6.15. The summed E-state index contributed by atoms with van der Waals surface area (Å²) in [6, 6.07) is 9.53. The van der Waals surface area contributed by atoms with Gasteiger partial charge in [-0.15, -0.1) is 0 Å². The molecule has 2 fully saturated rings. The number of aliphatic carboxylic acids is 1. The average molecular weight is 275 g/mol. The first kappa shape index (κ1) is 13.6. The number of carboxylic acids is 1. The van der Waals surface area contributed by atoms with Gasteiger partial charge in [-0.25, -0.2) is 0 Å². The molecule has 3 atom stereocenters. The van der Waals surface area contributed by atoms with Crippen LogP contribution in [0.25, 0.3) is 0 Å². The number of nitrogens with zero attached hydrogens (tertiary/aromatic N) is 1. The van der Waals surface area contributed by atoms with E-state index in [0.29, 0.717) is 18.8 Å². The molecule has 0 saturated carbocycles. The number of benzene rings is 1. The van der Waals surface area contributed by atoms with E-state index in [0.717, 1.165) is 31.5 Å². The third-order valence-corrected chi connectivity index (χ3v) is 4.54. The van der Waals surface area contributed by atoms with Crippen LogP contribution in [0.4, 0.5) is 0 Å². The van der Waals surface area contributed by atoms with E-state index in [9.17, 15) is 9.90 Å². The molecule has 2 aliphatic rings. The minimum atomic E-state index is -0.863. The van der Waals surface area contributed by atoms with Gasteiger partial charge in [0, 0.05) is 19.6 Å². The zero-order valence-electron chi connectivity index (χ0n) is 11.8. The summed E-state index contributed by atoms with van der Waals surface area (Å²) in [5, 5.41) is 9.71. The van der Waals surface area contributed by atoms with Crippen LogP contribution < -0.4 is 0 Å². The van der Waals surface area contributed by atoms with Gasteiger partial charge < -0.3 is 9.84 Å². The van der Waals surface area contributed by atoms with Crippen molar-refractivity contribution >= 4 is 5.97 Å². The molecule has 2 aliphatic heterocycles. The fraction of sp³-hybridized carbons (Fsp3) is 0.562. The van der Waals surface area contributed by atoms with Gasteiger partial charge in [0.15, 0.2) is 0 Å². The minimum Gasteiger partial charge on any atom is -0.481 e. The Morgan fingerprint density at radius 2 is 1.90 bits per heavy atom. The number of hydrogen-bond acceptors (Lipinski definition) is 3. The van der Waals surface area contributed by atoms with Gasteiger partial charge in [-0.1, -0.05) is 30.3 Å². The molecular formula is C16H21NO3. The predicted octanol–water partition coefficient (Wildman–Crippen LogP) is 1.89. The van der Waals surface area contributed by atoms with E-state index in [1.54, 1.807) is 0 Å². The Morgan fingerprint density at radius 1 is 1.30 bits per heavy atom. The van der Waals surface area contributed by atoms with Gasteiger partial charge >= 0.3 is 5.97 Å². The van der Waals surface area contributed by atoms with Gasteiger partial charge in [0.25, 0.3) is 0 Å². The SMILES string of the molecule is CC(CN1CC2CCC(C1)O2)(C(=O)O)c1ccccc1. The molecule has 20 heavy (non-hydrogen) atoms. The summed E-state index contributed by atoms with van der Waals surface area (Å²) in [6.07, 6.45) is 2.80. The molecule has 2 saturated heterocycles. The molecule has 1 aromatic rings. The normalized spacial score (nSPS) is 29.1. The van der Waals surface area contributed by atoms with Gasteiger partial charge in [-0.05, 0) is 25.3 Å². The van der Waals surface area contributed by atoms with Crippen LogP contribution in [0.15, 0.2) is 30.3 Å². The van der Waals surface area contributed by atoms with Crippen molar-refractivity contribution in [3.63, 3.8) is 0 Å². The minimum absolute atomic E-state index is 0.294. The summed E-state index contributed by atoms with van der Waals surface area (Å²) in [5.41, 5.74) is 0.00392. The quantitative estimate of drug-likeness (QED) is 0.911. The number of fused-ring (bicyclic) bond motifs is 2. The van der Waals surface area contributed by atoms with Crippen molar-refractivity contribution in [1.82, 2.24) is 4.90 Å². The van der Waals surface area contributed by atoms with Crippen LogP contribution in [-0.4, -0.2) is 47.8 Å². The Kier molecular flexibility index (Phi) is 3.52. The van der Waals surface area contributed by atoms with Crippen molar-refractivity contribution in [3.8, 4) is 0 Å². The molecule has 1 N–H and O–H groups in total. The molecule has 0 radical (unpaired) electrons. The lowest BCUT2D eigenvalue weighted by Crippen LogP contribution is -2.50. The van der Waals surface area contributed by atoms with Crippen molar-refractivity contribution in [2.24, 2.45) is 0 Å². The standard InChI is InChI=1S/C16H21NO3/c1-16(15(18)19,12-5-3-2-4-6-12)11-17-9-13-7-8-14(10-17)20-13/h2-6,13-14H,7-11H2,1H3,(H,18,19). The zero-order chi connectivity index (χ0) is 14.2. The molecule has 0 aliphatic carbocycles. The Hall–Kier alpha value is -1.39. The maximum atomic E-state index is 11.8. The largest absolute Gasteiger partial charge is 0.481 e. The molecule has 1 aromatic carbocycles. The first-order valence-electron chi connectivity index (χ1n) is 7.25. The van der Waals surface area contributed by atoms with E-state index in [2.05, 4.69) is 4.90 Å². The fourth-order valence-corrected chi connectivity index (χ4v) is 3.36. The molecule has 0 spiro atoms. The highest BCUT2D eigenvalue weighted by Crippen LogP contribution is 2.31. The third kappa shape index (κ3) is 2.45. The summed E-state index contributed by atoms with van der Waals surface area (Å²) >= 11 is 0. The fourth-order valence-electron chi connectivity index (χ4n) is 3.36. The lowest BCUT2D eigenvalue weighted by Gasteiger charge is -2.37. The Labute approximate surface area is 119 Å². The molecule has 2 heterocycles. The van der Waals surface area contributed by atoms with E-state index >= 15 is 0 Å². The summed E-state index contributed by atoms with van der Waals surface area (Å²) in [7, 11) is 0. The Morgan fingerprint density at radius 3 is 2.45 bits per heavy atom. The second-order valence-corrected chi connectivity index (χ2v) is 6.15. The summed E-state index contributed by atoms with van der Waals surface area (Å²) in [4.78, 5) is 14.1. The molecule has 3 rings (SSSR count). The summed E-state index contributed by atoms with van der Waals surface area (Å²) in [6.45, 7) is 4.07. The lowest BCUT2D eigenvalue weighted by atomic mass is 9.82. The third-order valence-electron chi connectivity index (χ3n) is 4.54. The Bertz CT molecular complexity index is 478. The molecule has 108 valence electrons. The van der Waals surface area contributed by atoms with Crippen molar-refractivity contribution in [2.45, 2.75) is 37.4 Å². The molecular weight excluding hydrogens is 254 g/mol. The van der Waals surface area contributed by atoms with Crippen molar-refractivity contribution in [2.75, 3.05) is 19.6 Å². The van der Waals surface area contributed by atoms with Crippen LogP contribution in [0, 0.1) is 0 Å². The van der Waals surface area contributed by atoms with Crippen LogP contribution in [0.3, 0.4) is 0 Å². The second kappa shape index (κ2) is 5.19. The van der Waals surface area contributed by atoms with Gasteiger partial charge in [0.05, 0.1) is 12.2 Å². The lowest BCUT2D eigenvalue weighted by molar-refractivity contribution is -0.145. The highest BCUT2D eigenvalue weighted by Gasteiger charge is 2.41. The average Bonchev–Trinajstić information content (AvgIpc) is 2.78. The summed E-state index contributed by atoms with van der Waals surface area (Å²) in [5.74, 6) is -0.762. The van der Waals surface area contributed by atoms with Crippen LogP contribution in [-0.2, 0) is 14.9 Å². The number of carboxylic acid groups (broad SMARTS) is 1. The number of morpholine rings is 1. The zero-order valence-corrected chi connectivity index (χ0v) is 11.8. The molecule has 3 unspecified atom stereocenters. The first-order chi connectivity index (χ1) is 9.58. The number of rotatable bonds is 4. The smallest absolute Gasteiger partial charge is 0.315 e. The van der Waals surface area contributed by atoms with Crippen molar-refractivity contribution in [3.05, 3.63) is 35.9 Å². The highest BCUT2D eigenvalue weighted by molar-refractivity contribution is 5.81. The van der Waals surface area contributed by atoms with Gasteiger partial charge in [0.2, 0.25) is 0 Å². The van der Waals surface area contributed by atoms with Gasteiger partial charge in [-0.3, -0.25) is 9.69 Å². The van der Waals surface area contributed by atoms with E-state index < -0.39 is 11.4 Å². The molecule has 4 heteroatoms. The van der Waals surface area contributed by atoms with Gasteiger partial charge in [0.1, 0.15) is 5.41 Å². The van der Waals surface area contributed by atoms with Crippen molar-refractivity contribution < 1.29 is 14.6 Å². The monoisotopic (exact) mass is 275 g/mol. The number of carbonyl (C=O) groups is 1. The van der Waals surface area contributed by atoms with Crippen LogP contribution in [0.1, 0.15) is 25.3 Å². The molecule has 0 amide bonds. The topological polar surface area (TPSA) is 49.8 Å². The van der Waals surface area contributed by atoms with E-state index in [1.165, 1.54) is 0 Å². The number of ether oxygens (including phenoxy) is 1. The summed E-state index contributed by atoms with van der Waals surface area (Å²) < 4.78 is 5.82. The van der Waals surface area contributed by atoms with Crippen LogP contribution >= 0.6 is 0 Å². The predicted molar refractivity (Wildman–Crippen MR) is 75.8 cm³/mol. The number of likely N-dealkylation sites (tertiary alicyclic amines) is 1. The maximum Gasteiger partial charge on any atom is 0.315 e. The van der Waals surface area contributed by atoms with Gasteiger partial charge in [-0.2, -0.15) is 0 Å². The van der Waals surface area contributed by atoms with E-state index in [1.807, 2.05) is 37.3 Å². The molecule has 4 nitrogen and oxygen atoms in total. The highest BCUT2D eigenvalue weighted by atomic mass is 16.5. The van der Waals surface area contributed by atoms with E-state index in [4.69, 9.17) is 4.74 Å². The maximum absolute atomic E-state index is 11.8.